The van der Waals surface area contributed by atoms with E-state index in [0.29, 0.717) is 0 Å². The van der Waals surface area contributed by atoms with Crippen LogP contribution in [0, 0.1) is 17.7 Å². The zero-order valence-electron chi connectivity index (χ0n) is 11.9. The van der Waals surface area contributed by atoms with Gasteiger partial charge in [0, 0.05) is 19.0 Å². The van der Waals surface area contributed by atoms with Crippen molar-refractivity contribution in [3.63, 3.8) is 0 Å². The summed E-state index contributed by atoms with van der Waals surface area (Å²) in [7, 11) is 2.65. The van der Waals surface area contributed by atoms with E-state index in [0.717, 1.165) is 11.0 Å². The Morgan fingerprint density at radius 2 is 2.14 bits per heavy atom. The first-order valence-electron chi connectivity index (χ1n) is 6.21. The van der Waals surface area contributed by atoms with Crippen molar-refractivity contribution in [1.29, 1.82) is 0 Å². The van der Waals surface area contributed by atoms with Gasteiger partial charge in [-0.25, -0.2) is 4.39 Å². The van der Waals surface area contributed by atoms with Gasteiger partial charge in [0.25, 0.3) is 5.91 Å². The van der Waals surface area contributed by atoms with E-state index in [9.17, 15) is 14.0 Å². The van der Waals surface area contributed by atoms with E-state index in [4.69, 9.17) is 5.11 Å². The van der Waals surface area contributed by atoms with Crippen molar-refractivity contribution in [2.45, 2.75) is 6.42 Å². The van der Waals surface area contributed by atoms with Gasteiger partial charge in [-0.15, -0.1) is 0 Å². The lowest BCUT2D eigenvalue weighted by atomic mass is 10.1. The van der Waals surface area contributed by atoms with Crippen molar-refractivity contribution < 1.29 is 23.8 Å². The molecule has 1 aromatic rings. The number of ether oxygens (including phenoxy) is 1. The highest BCUT2D eigenvalue weighted by Gasteiger charge is 2.16. The van der Waals surface area contributed by atoms with E-state index in [2.05, 4.69) is 16.6 Å². The lowest BCUT2D eigenvalue weighted by Crippen LogP contribution is -2.32. The van der Waals surface area contributed by atoms with Crippen LogP contribution in [0.25, 0.3) is 0 Å². The fourth-order valence-corrected chi connectivity index (χ4v) is 1.51. The molecule has 0 atom stereocenters. The number of halogens is 1. The first-order chi connectivity index (χ1) is 9.99. The van der Waals surface area contributed by atoms with Crippen LogP contribution in [0.15, 0.2) is 18.2 Å². The van der Waals surface area contributed by atoms with Crippen molar-refractivity contribution in [2.24, 2.45) is 0 Å². The Balaban J connectivity index is 2.86. The number of rotatable bonds is 4. The van der Waals surface area contributed by atoms with Crippen LogP contribution in [0.2, 0.25) is 0 Å². The van der Waals surface area contributed by atoms with E-state index in [1.807, 2.05) is 0 Å². The average Bonchev–Trinajstić information content (AvgIpc) is 2.48. The molecule has 0 unspecified atom stereocenters. The van der Waals surface area contributed by atoms with Gasteiger partial charge in [0.1, 0.15) is 12.4 Å². The lowest BCUT2D eigenvalue weighted by Gasteiger charge is -2.15. The number of hydrogen-bond donors (Lipinski definition) is 1. The van der Waals surface area contributed by atoms with Gasteiger partial charge in [0.15, 0.2) is 0 Å². The van der Waals surface area contributed by atoms with Crippen molar-refractivity contribution >= 4 is 11.9 Å². The summed E-state index contributed by atoms with van der Waals surface area (Å²) >= 11 is 0. The highest BCUT2D eigenvalue weighted by molar-refractivity contribution is 5.95. The largest absolute Gasteiger partial charge is 0.468 e. The Morgan fingerprint density at radius 3 is 2.71 bits per heavy atom. The number of carbonyl (C=O) groups is 2. The van der Waals surface area contributed by atoms with Crippen molar-refractivity contribution in [1.82, 2.24) is 4.90 Å². The van der Waals surface area contributed by atoms with Gasteiger partial charge in [0.2, 0.25) is 0 Å². The Morgan fingerprint density at radius 1 is 1.43 bits per heavy atom. The summed E-state index contributed by atoms with van der Waals surface area (Å²) in [5.41, 5.74) is 0.266. The number of esters is 1. The zero-order valence-corrected chi connectivity index (χ0v) is 11.9. The molecule has 0 radical (unpaired) electrons. The minimum atomic E-state index is -0.627. The second-order valence-corrected chi connectivity index (χ2v) is 4.21. The molecule has 0 aliphatic rings. The summed E-state index contributed by atoms with van der Waals surface area (Å²) in [5, 5.41) is 8.60. The van der Waals surface area contributed by atoms with Crippen LogP contribution in [0.4, 0.5) is 4.39 Å². The van der Waals surface area contributed by atoms with E-state index in [-0.39, 0.29) is 30.7 Å². The van der Waals surface area contributed by atoms with Crippen molar-refractivity contribution in [2.75, 3.05) is 27.3 Å². The van der Waals surface area contributed by atoms with Gasteiger partial charge in [-0.1, -0.05) is 11.8 Å². The molecule has 112 valence electrons. The van der Waals surface area contributed by atoms with Gasteiger partial charge in [-0.05, 0) is 18.2 Å². The van der Waals surface area contributed by atoms with E-state index in [1.165, 1.54) is 26.3 Å². The summed E-state index contributed by atoms with van der Waals surface area (Å²) in [6.07, 6.45) is 0.252. The molecule has 1 N–H and O–H groups in total. The van der Waals surface area contributed by atoms with E-state index < -0.39 is 17.7 Å². The van der Waals surface area contributed by atoms with Crippen LogP contribution < -0.4 is 0 Å². The summed E-state index contributed by atoms with van der Waals surface area (Å²) in [6, 6.07) is 3.89. The standard InChI is InChI=1S/C15H16FNO4/c1-17(10-14(19)21-2)15(20)12-7-6-11(13(16)9-12)5-3-4-8-18/h6-7,9,18H,4,8,10H2,1-2H3. The molecule has 0 spiro atoms. The number of amides is 1. The fourth-order valence-electron chi connectivity index (χ4n) is 1.51. The predicted octanol–water partition coefficient (Wildman–Crippen LogP) is 0.805. The molecule has 0 fully saturated rings. The Hall–Kier alpha value is -2.39. The van der Waals surface area contributed by atoms with Crippen LogP contribution >= 0.6 is 0 Å². The number of aliphatic hydroxyl groups is 1. The maximum atomic E-state index is 13.8. The third-order valence-corrected chi connectivity index (χ3v) is 2.62. The Bertz CT molecular complexity index is 589. The van der Waals surface area contributed by atoms with Crippen LogP contribution in [0.5, 0.6) is 0 Å². The second kappa shape index (κ2) is 8.02. The molecule has 0 saturated heterocycles. The average molecular weight is 293 g/mol. The minimum Gasteiger partial charge on any atom is -0.468 e. The molecule has 1 aromatic carbocycles. The van der Waals surface area contributed by atoms with Crippen LogP contribution in [-0.4, -0.2) is 49.2 Å². The maximum absolute atomic E-state index is 13.8. The van der Waals surface area contributed by atoms with Gasteiger partial charge >= 0.3 is 5.97 Å². The maximum Gasteiger partial charge on any atom is 0.325 e. The second-order valence-electron chi connectivity index (χ2n) is 4.21. The summed E-state index contributed by atoms with van der Waals surface area (Å²) in [5.74, 6) is 3.49. The molecule has 0 aromatic heterocycles. The molecule has 0 aliphatic carbocycles. The first-order valence-corrected chi connectivity index (χ1v) is 6.21. The van der Waals surface area contributed by atoms with Crippen LogP contribution in [0.3, 0.4) is 0 Å². The fraction of sp³-hybridized carbons (Fsp3) is 0.333. The molecular formula is C15H16FNO4. The smallest absolute Gasteiger partial charge is 0.325 e. The highest BCUT2D eigenvalue weighted by Crippen LogP contribution is 2.11. The number of aliphatic hydroxyl groups excluding tert-OH is 1. The third kappa shape index (κ3) is 4.89. The topological polar surface area (TPSA) is 66.8 Å². The molecule has 21 heavy (non-hydrogen) atoms. The molecule has 0 bridgehead atoms. The van der Waals surface area contributed by atoms with Gasteiger partial charge in [0.05, 0.1) is 19.3 Å². The van der Waals surface area contributed by atoms with Gasteiger partial charge in [-0.3, -0.25) is 9.59 Å². The normalized spacial score (nSPS) is 9.52. The van der Waals surface area contributed by atoms with Crippen LogP contribution in [-0.2, 0) is 9.53 Å². The number of hydrogen-bond acceptors (Lipinski definition) is 4. The number of carbonyl (C=O) groups excluding carboxylic acids is 2. The highest BCUT2D eigenvalue weighted by atomic mass is 19.1. The Kier molecular flexibility index (Phi) is 6.37. The van der Waals surface area contributed by atoms with Crippen molar-refractivity contribution in [3.05, 3.63) is 35.1 Å². The quantitative estimate of drug-likeness (QED) is 0.659. The van der Waals surface area contributed by atoms with E-state index >= 15 is 0 Å². The summed E-state index contributed by atoms with van der Waals surface area (Å²) in [6.45, 7) is -0.307. The number of benzene rings is 1. The molecule has 1 rings (SSSR count). The van der Waals surface area contributed by atoms with Gasteiger partial charge in [-0.2, -0.15) is 0 Å². The molecule has 0 saturated carbocycles. The molecular weight excluding hydrogens is 277 g/mol. The minimum absolute atomic E-state index is 0.0937. The van der Waals surface area contributed by atoms with Crippen LogP contribution in [0.1, 0.15) is 22.3 Å². The SMILES string of the molecule is COC(=O)CN(C)C(=O)c1ccc(C#CCCO)c(F)c1. The third-order valence-electron chi connectivity index (χ3n) is 2.62. The predicted molar refractivity (Wildman–Crippen MR) is 74.0 cm³/mol. The molecule has 0 heterocycles. The molecule has 1 amide bonds. The Labute approximate surface area is 122 Å². The summed E-state index contributed by atoms with van der Waals surface area (Å²) < 4.78 is 18.3. The molecule has 0 aliphatic heterocycles. The number of likely N-dealkylation sites (N-methyl/N-ethyl adjacent to an activating group) is 1. The number of nitrogens with zero attached hydrogens (tertiary/aromatic N) is 1. The van der Waals surface area contributed by atoms with Crippen molar-refractivity contribution in [3.8, 4) is 11.8 Å². The zero-order chi connectivity index (χ0) is 15.8. The molecule has 6 heteroatoms. The lowest BCUT2D eigenvalue weighted by molar-refractivity contribution is -0.141. The first kappa shape index (κ1) is 16.7. The summed E-state index contributed by atoms with van der Waals surface area (Å²) in [4.78, 5) is 24.2. The number of methoxy groups -OCH3 is 1. The monoisotopic (exact) mass is 293 g/mol. The van der Waals surface area contributed by atoms with E-state index in [1.54, 1.807) is 0 Å². The van der Waals surface area contributed by atoms with Gasteiger partial charge < -0.3 is 14.7 Å². The molecule has 5 nitrogen and oxygen atoms in total.